The van der Waals surface area contributed by atoms with E-state index in [1.807, 2.05) is 26.0 Å². The van der Waals surface area contributed by atoms with Gasteiger partial charge in [-0.3, -0.25) is 9.59 Å². The fourth-order valence-corrected chi connectivity index (χ4v) is 3.71. The van der Waals surface area contributed by atoms with Crippen LogP contribution in [0, 0.1) is 5.92 Å². The SMILES string of the molecule is C=CCOC(=O)C[C@H](c1cn([C@@H](CCCNC(N)=O)C(=O)Cc2ccc(CO)cc2)nn1)C(C)C. The van der Waals surface area contributed by atoms with Gasteiger partial charge in [0.1, 0.15) is 12.6 Å². The number of ketones is 1. The molecule has 0 aliphatic heterocycles. The van der Waals surface area contributed by atoms with Gasteiger partial charge in [0, 0.05) is 25.1 Å². The third kappa shape index (κ3) is 8.97. The number of nitrogens with one attached hydrogen (secondary N) is 1. The first-order chi connectivity index (χ1) is 16.7. The first kappa shape index (κ1) is 27.7. The monoisotopic (exact) mass is 485 g/mol. The summed E-state index contributed by atoms with van der Waals surface area (Å²) < 4.78 is 6.66. The fourth-order valence-electron chi connectivity index (χ4n) is 3.71. The topological polar surface area (TPSA) is 149 Å². The van der Waals surface area contributed by atoms with Gasteiger partial charge in [0.05, 0.1) is 18.7 Å². The van der Waals surface area contributed by atoms with Gasteiger partial charge in [-0.2, -0.15) is 0 Å². The number of hydrogen-bond donors (Lipinski definition) is 3. The van der Waals surface area contributed by atoms with Crippen molar-refractivity contribution in [3.8, 4) is 0 Å². The normalized spacial score (nSPS) is 12.7. The van der Waals surface area contributed by atoms with Crippen LogP contribution in [0.5, 0.6) is 0 Å². The van der Waals surface area contributed by atoms with Crippen LogP contribution in [0.4, 0.5) is 4.79 Å². The Morgan fingerprint density at radius 2 is 1.91 bits per heavy atom. The number of primary amides is 1. The largest absolute Gasteiger partial charge is 0.461 e. The number of benzene rings is 1. The summed E-state index contributed by atoms with van der Waals surface area (Å²) in [6.45, 7) is 7.92. The molecule has 0 aliphatic rings. The molecular weight excluding hydrogens is 450 g/mol. The van der Waals surface area contributed by atoms with Crippen molar-refractivity contribution < 1.29 is 24.2 Å². The summed E-state index contributed by atoms with van der Waals surface area (Å²) in [7, 11) is 0. The van der Waals surface area contributed by atoms with E-state index in [-0.39, 0.29) is 49.6 Å². The minimum atomic E-state index is -0.622. The lowest BCUT2D eigenvalue weighted by atomic mass is 9.90. The third-order valence-corrected chi connectivity index (χ3v) is 5.69. The number of esters is 1. The predicted octanol–water partition coefficient (Wildman–Crippen LogP) is 2.43. The maximum Gasteiger partial charge on any atom is 0.312 e. The molecule has 10 nitrogen and oxygen atoms in total. The van der Waals surface area contributed by atoms with Crippen LogP contribution in [0.3, 0.4) is 0 Å². The zero-order chi connectivity index (χ0) is 25.8. The highest BCUT2D eigenvalue weighted by molar-refractivity contribution is 5.84. The standard InChI is InChI=1S/C25H35N5O5/c1-4-12-35-24(33)14-20(17(2)3)21-15-30(29-28-21)22(6-5-11-27-25(26)34)23(32)13-18-7-9-19(16-31)10-8-18/h4,7-10,15,17,20,22,31H,1,5-6,11-14,16H2,2-3H3,(H3,26,27,34)/t20-,22-/m0/s1. The summed E-state index contributed by atoms with van der Waals surface area (Å²) in [4.78, 5) is 36.4. The predicted molar refractivity (Wildman–Crippen MR) is 130 cm³/mol. The Labute approximate surface area is 205 Å². The van der Waals surface area contributed by atoms with Gasteiger partial charge in [0.15, 0.2) is 5.78 Å². The number of nitrogens with zero attached hydrogens (tertiary/aromatic N) is 3. The van der Waals surface area contributed by atoms with E-state index in [1.54, 1.807) is 18.3 Å². The molecule has 0 aliphatic carbocycles. The Balaban J connectivity index is 2.21. The van der Waals surface area contributed by atoms with Gasteiger partial charge in [-0.15, -0.1) is 5.10 Å². The van der Waals surface area contributed by atoms with Crippen molar-refractivity contribution in [3.05, 3.63) is 59.9 Å². The molecule has 10 heteroatoms. The van der Waals surface area contributed by atoms with Crippen molar-refractivity contribution in [3.63, 3.8) is 0 Å². The van der Waals surface area contributed by atoms with Crippen molar-refractivity contribution >= 4 is 17.8 Å². The van der Waals surface area contributed by atoms with Crippen molar-refractivity contribution in [1.29, 1.82) is 0 Å². The van der Waals surface area contributed by atoms with Crippen molar-refractivity contribution in [1.82, 2.24) is 20.3 Å². The lowest BCUT2D eigenvalue weighted by Gasteiger charge is -2.18. The van der Waals surface area contributed by atoms with Gasteiger partial charge < -0.3 is 20.9 Å². The van der Waals surface area contributed by atoms with E-state index >= 15 is 0 Å². The van der Waals surface area contributed by atoms with E-state index in [1.165, 1.54) is 10.8 Å². The molecule has 0 radical (unpaired) electrons. The molecule has 2 amide bonds. The maximum atomic E-state index is 13.3. The van der Waals surface area contributed by atoms with Crippen LogP contribution in [0.2, 0.25) is 0 Å². The highest BCUT2D eigenvalue weighted by Crippen LogP contribution is 2.28. The Bertz CT molecular complexity index is 986. The van der Waals surface area contributed by atoms with E-state index in [2.05, 4.69) is 22.2 Å². The lowest BCUT2D eigenvalue weighted by molar-refractivity contribution is -0.143. The first-order valence-electron chi connectivity index (χ1n) is 11.7. The summed E-state index contributed by atoms with van der Waals surface area (Å²) in [6.07, 6.45) is 4.48. The molecule has 190 valence electrons. The number of ether oxygens (including phenoxy) is 1. The molecule has 0 unspecified atom stereocenters. The molecule has 1 aromatic carbocycles. The Morgan fingerprint density at radius 3 is 2.51 bits per heavy atom. The van der Waals surface area contributed by atoms with E-state index in [0.29, 0.717) is 25.1 Å². The quantitative estimate of drug-likeness (QED) is 0.199. The minimum Gasteiger partial charge on any atom is -0.461 e. The Hall–Kier alpha value is -3.53. The molecule has 0 saturated carbocycles. The van der Waals surface area contributed by atoms with Gasteiger partial charge >= 0.3 is 12.0 Å². The number of carbonyl (C=O) groups is 3. The second-order valence-corrected chi connectivity index (χ2v) is 8.72. The molecule has 0 bridgehead atoms. The van der Waals surface area contributed by atoms with Gasteiger partial charge in [-0.05, 0) is 29.9 Å². The summed E-state index contributed by atoms with van der Waals surface area (Å²) in [5, 5.41) is 20.3. The highest BCUT2D eigenvalue weighted by atomic mass is 16.5. The average molecular weight is 486 g/mol. The zero-order valence-electron chi connectivity index (χ0n) is 20.4. The lowest BCUT2D eigenvalue weighted by Crippen LogP contribution is -2.31. The Morgan fingerprint density at radius 1 is 1.23 bits per heavy atom. The molecule has 1 aromatic heterocycles. The van der Waals surface area contributed by atoms with E-state index in [4.69, 9.17) is 10.5 Å². The molecular formula is C25H35N5O5. The van der Waals surface area contributed by atoms with Crippen LogP contribution in [0.1, 0.15) is 61.9 Å². The maximum absolute atomic E-state index is 13.3. The fraction of sp³-hybridized carbons (Fsp3) is 0.480. The molecule has 2 aromatic rings. The number of amides is 2. The zero-order valence-corrected chi connectivity index (χ0v) is 20.4. The average Bonchev–Trinajstić information content (AvgIpc) is 3.30. The van der Waals surface area contributed by atoms with E-state index in [0.717, 1.165) is 11.1 Å². The Kier molecular flexibility index (Phi) is 11.1. The van der Waals surface area contributed by atoms with Crippen molar-refractivity contribution in [2.24, 2.45) is 11.7 Å². The van der Waals surface area contributed by atoms with Crippen LogP contribution in [0.15, 0.2) is 43.1 Å². The molecule has 0 fully saturated rings. The third-order valence-electron chi connectivity index (χ3n) is 5.69. The van der Waals surface area contributed by atoms with Gasteiger partial charge in [0.25, 0.3) is 0 Å². The number of nitrogens with two attached hydrogens (primary N) is 1. The number of hydrogen-bond acceptors (Lipinski definition) is 7. The second-order valence-electron chi connectivity index (χ2n) is 8.72. The number of aliphatic hydroxyl groups is 1. The summed E-state index contributed by atoms with van der Waals surface area (Å²) in [6, 6.07) is 5.95. The molecule has 0 spiro atoms. The van der Waals surface area contributed by atoms with E-state index < -0.39 is 12.1 Å². The number of Topliss-reactive ketones (excluding diaryl/α,β-unsaturated/α-hetero) is 1. The first-order valence-corrected chi connectivity index (χ1v) is 11.7. The summed E-state index contributed by atoms with van der Waals surface area (Å²) in [5.74, 6) is -0.548. The highest BCUT2D eigenvalue weighted by Gasteiger charge is 2.27. The number of urea groups is 1. The van der Waals surface area contributed by atoms with E-state index in [9.17, 15) is 19.5 Å². The molecule has 35 heavy (non-hydrogen) atoms. The second kappa shape index (κ2) is 14.0. The molecule has 2 atom stereocenters. The van der Waals surface area contributed by atoms with Crippen molar-refractivity contribution in [2.75, 3.05) is 13.2 Å². The summed E-state index contributed by atoms with van der Waals surface area (Å²) >= 11 is 0. The number of aliphatic hydroxyl groups excluding tert-OH is 1. The van der Waals surface area contributed by atoms with Crippen molar-refractivity contribution in [2.45, 2.75) is 58.1 Å². The molecule has 0 saturated heterocycles. The smallest absolute Gasteiger partial charge is 0.312 e. The minimum absolute atomic E-state index is 0.0659. The number of rotatable bonds is 15. The van der Waals surface area contributed by atoms with Crippen LogP contribution >= 0.6 is 0 Å². The van der Waals surface area contributed by atoms with Crippen LogP contribution in [-0.2, 0) is 27.4 Å². The van der Waals surface area contributed by atoms with Gasteiger partial charge in [0.2, 0.25) is 0 Å². The summed E-state index contributed by atoms with van der Waals surface area (Å²) in [5.41, 5.74) is 7.33. The molecule has 4 N–H and O–H groups in total. The molecule has 1 heterocycles. The van der Waals surface area contributed by atoms with Gasteiger partial charge in [-0.1, -0.05) is 56.0 Å². The van der Waals surface area contributed by atoms with Crippen LogP contribution in [-0.4, -0.2) is 51.0 Å². The molecule has 2 rings (SSSR count). The van der Waals surface area contributed by atoms with Gasteiger partial charge in [-0.25, -0.2) is 9.48 Å². The van der Waals surface area contributed by atoms with Crippen LogP contribution in [0.25, 0.3) is 0 Å². The number of aromatic nitrogens is 3. The number of carbonyl (C=O) groups excluding carboxylic acids is 3. The van der Waals surface area contributed by atoms with Crippen LogP contribution < -0.4 is 11.1 Å².